The van der Waals surface area contributed by atoms with Crippen molar-refractivity contribution in [2.24, 2.45) is 11.8 Å². The highest BCUT2D eigenvalue weighted by molar-refractivity contribution is 5.72. The van der Waals surface area contributed by atoms with Crippen LogP contribution in [0.25, 0.3) is 0 Å². The lowest BCUT2D eigenvalue weighted by molar-refractivity contribution is -0.148. The third-order valence-electron chi connectivity index (χ3n) is 3.89. The van der Waals surface area contributed by atoms with Gasteiger partial charge in [0.15, 0.2) is 0 Å². The summed E-state index contributed by atoms with van der Waals surface area (Å²) in [6.07, 6.45) is 4.32. The Balaban J connectivity index is 2.72. The number of ether oxygens (including phenoxy) is 1. The van der Waals surface area contributed by atoms with E-state index in [1.165, 1.54) is 0 Å². The third-order valence-corrected chi connectivity index (χ3v) is 3.89. The number of nitrogens with zero attached hydrogens (tertiary/aromatic N) is 2. The van der Waals surface area contributed by atoms with Gasteiger partial charge in [-0.1, -0.05) is 0 Å². The molecule has 1 fully saturated rings. The molecule has 0 heterocycles. The second-order valence-corrected chi connectivity index (χ2v) is 5.41. The van der Waals surface area contributed by atoms with E-state index in [-0.39, 0.29) is 17.5 Å². The molecule has 1 N–H and O–H groups in total. The Kier molecular flexibility index (Phi) is 7.50. The number of allylic oxidation sites excluding steroid dienone is 2. The number of carbonyl (C=O) groups is 1. The molecule has 2 atom stereocenters. The van der Waals surface area contributed by atoms with Crippen LogP contribution in [0.5, 0.6) is 0 Å². The molecule has 0 spiro atoms. The molecule has 5 nitrogen and oxygen atoms in total. The van der Waals surface area contributed by atoms with Crippen molar-refractivity contribution in [3.05, 3.63) is 11.1 Å². The second-order valence-electron chi connectivity index (χ2n) is 5.41. The van der Waals surface area contributed by atoms with E-state index in [2.05, 4.69) is 5.32 Å². The largest absolute Gasteiger partial charge is 0.466 e. The first-order valence-electron chi connectivity index (χ1n) is 7.49. The molecule has 0 aromatic carbocycles. The highest BCUT2D eigenvalue weighted by Crippen LogP contribution is 2.34. The molecule has 5 heteroatoms. The van der Waals surface area contributed by atoms with Crippen LogP contribution in [-0.4, -0.2) is 26.2 Å². The summed E-state index contributed by atoms with van der Waals surface area (Å²) in [6, 6.07) is 3.96. The zero-order valence-corrected chi connectivity index (χ0v) is 12.8. The van der Waals surface area contributed by atoms with Crippen molar-refractivity contribution < 1.29 is 9.53 Å². The molecular weight excluding hydrogens is 266 g/mol. The highest BCUT2D eigenvalue weighted by Gasteiger charge is 2.27. The molecule has 0 bridgehead atoms. The quantitative estimate of drug-likeness (QED) is 0.599. The van der Waals surface area contributed by atoms with E-state index in [0.717, 1.165) is 37.7 Å². The summed E-state index contributed by atoms with van der Waals surface area (Å²) in [4.78, 5) is 12.0. The van der Waals surface area contributed by atoms with Gasteiger partial charge in [0.2, 0.25) is 0 Å². The smallest absolute Gasteiger partial charge is 0.310 e. The van der Waals surface area contributed by atoms with Gasteiger partial charge in [-0.2, -0.15) is 10.5 Å². The van der Waals surface area contributed by atoms with Crippen molar-refractivity contribution in [2.45, 2.75) is 39.0 Å². The van der Waals surface area contributed by atoms with Crippen LogP contribution in [0.15, 0.2) is 11.1 Å². The zero-order chi connectivity index (χ0) is 15.7. The molecule has 114 valence electrons. The number of esters is 1. The maximum atomic E-state index is 12.0. The van der Waals surface area contributed by atoms with Crippen molar-refractivity contribution in [3.63, 3.8) is 0 Å². The van der Waals surface area contributed by atoms with E-state index in [4.69, 9.17) is 15.3 Å². The van der Waals surface area contributed by atoms with Crippen LogP contribution in [0.2, 0.25) is 0 Å². The lowest BCUT2D eigenvalue weighted by atomic mass is 9.79. The minimum atomic E-state index is -0.163. The van der Waals surface area contributed by atoms with E-state index in [9.17, 15) is 4.79 Å². The molecule has 0 amide bonds. The summed E-state index contributed by atoms with van der Waals surface area (Å²) < 4.78 is 5.12. The predicted molar refractivity (Wildman–Crippen MR) is 78.9 cm³/mol. The summed E-state index contributed by atoms with van der Waals surface area (Å²) in [5.74, 6) is 0.0175. The molecule has 1 aliphatic rings. The van der Waals surface area contributed by atoms with Crippen LogP contribution in [-0.2, 0) is 9.53 Å². The molecule has 1 rings (SSSR count). The topological polar surface area (TPSA) is 85.9 Å². The zero-order valence-electron chi connectivity index (χ0n) is 12.8. The maximum Gasteiger partial charge on any atom is 0.310 e. The van der Waals surface area contributed by atoms with Crippen LogP contribution in [0, 0.1) is 34.5 Å². The van der Waals surface area contributed by atoms with Gasteiger partial charge in [0.05, 0.1) is 12.5 Å². The molecule has 1 saturated carbocycles. The Bertz CT molecular complexity index is 455. The number of nitriles is 2. The number of carbonyl (C=O) groups excluding carboxylic acids is 1. The first-order chi connectivity index (χ1) is 10.2. The fourth-order valence-electron chi connectivity index (χ4n) is 2.94. The summed E-state index contributed by atoms with van der Waals surface area (Å²) in [5.41, 5.74) is 1.20. The SMILES string of the molecule is CCOC(=O)C(CNC)CC1CCCC(=C(C#N)C#N)C1. The minimum absolute atomic E-state index is 0.160. The summed E-state index contributed by atoms with van der Waals surface area (Å²) >= 11 is 0. The van der Waals surface area contributed by atoms with Crippen molar-refractivity contribution >= 4 is 5.97 Å². The summed E-state index contributed by atoms with van der Waals surface area (Å²) in [5, 5.41) is 21.0. The average Bonchev–Trinajstić information content (AvgIpc) is 2.49. The van der Waals surface area contributed by atoms with Gasteiger partial charge in [-0.15, -0.1) is 0 Å². The third kappa shape index (κ3) is 5.21. The monoisotopic (exact) mass is 289 g/mol. The molecule has 0 aliphatic heterocycles. The van der Waals surface area contributed by atoms with Crippen molar-refractivity contribution in [3.8, 4) is 12.1 Å². The maximum absolute atomic E-state index is 12.0. The van der Waals surface area contributed by atoms with Crippen LogP contribution >= 0.6 is 0 Å². The van der Waals surface area contributed by atoms with Crippen molar-refractivity contribution in [2.75, 3.05) is 20.2 Å². The van der Waals surface area contributed by atoms with Crippen LogP contribution in [0.3, 0.4) is 0 Å². The Hall–Kier alpha value is -1.85. The Morgan fingerprint density at radius 3 is 2.76 bits per heavy atom. The molecule has 21 heavy (non-hydrogen) atoms. The van der Waals surface area contributed by atoms with Gasteiger partial charge in [0.1, 0.15) is 17.7 Å². The van der Waals surface area contributed by atoms with Gasteiger partial charge < -0.3 is 10.1 Å². The fraction of sp³-hybridized carbons (Fsp3) is 0.688. The lowest BCUT2D eigenvalue weighted by Gasteiger charge is -2.27. The molecule has 0 aromatic heterocycles. The van der Waals surface area contributed by atoms with Gasteiger partial charge in [-0.3, -0.25) is 4.79 Å². The Morgan fingerprint density at radius 2 is 2.19 bits per heavy atom. The van der Waals surface area contributed by atoms with Crippen molar-refractivity contribution in [1.82, 2.24) is 5.32 Å². The van der Waals surface area contributed by atoms with Crippen LogP contribution in [0.1, 0.15) is 39.0 Å². The van der Waals surface area contributed by atoms with E-state index in [0.29, 0.717) is 19.1 Å². The van der Waals surface area contributed by atoms with E-state index < -0.39 is 0 Å². The van der Waals surface area contributed by atoms with E-state index >= 15 is 0 Å². The number of hydrogen-bond donors (Lipinski definition) is 1. The molecule has 2 unspecified atom stereocenters. The molecule has 0 saturated heterocycles. The predicted octanol–water partition coefficient (Wildman–Crippen LogP) is 2.31. The number of rotatable bonds is 6. The highest BCUT2D eigenvalue weighted by atomic mass is 16.5. The molecular formula is C16H23N3O2. The first-order valence-corrected chi connectivity index (χ1v) is 7.49. The number of hydrogen-bond acceptors (Lipinski definition) is 5. The molecule has 0 aromatic rings. The standard InChI is InChI=1S/C16H23N3O2/c1-3-21-16(20)14(11-19-2)8-12-5-4-6-13(7-12)15(9-17)10-18/h12,14,19H,3-8,11H2,1-2H3. The average molecular weight is 289 g/mol. The van der Waals surface area contributed by atoms with E-state index in [1.54, 1.807) is 0 Å². The minimum Gasteiger partial charge on any atom is -0.466 e. The van der Waals surface area contributed by atoms with Gasteiger partial charge in [-0.25, -0.2) is 0 Å². The van der Waals surface area contributed by atoms with Gasteiger partial charge in [-0.05, 0) is 57.6 Å². The van der Waals surface area contributed by atoms with Gasteiger partial charge in [0.25, 0.3) is 0 Å². The van der Waals surface area contributed by atoms with Gasteiger partial charge >= 0.3 is 5.97 Å². The summed E-state index contributed by atoms with van der Waals surface area (Å²) in [7, 11) is 1.82. The number of nitrogens with one attached hydrogen (secondary N) is 1. The molecule has 1 aliphatic carbocycles. The summed E-state index contributed by atoms with van der Waals surface area (Å²) in [6.45, 7) is 2.79. The van der Waals surface area contributed by atoms with Crippen molar-refractivity contribution in [1.29, 1.82) is 10.5 Å². The van der Waals surface area contributed by atoms with E-state index in [1.807, 2.05) is 26.1 Å². The normalized spacial score (nSPS) is 19.2. The Labute approximate surface area is 126 Å². The van der Waals surface area contributed by atoms with Crippen LogP contribution < -0.4 is 5.32 Å². The van der Waals surface area contributed by atoms with Gasteiger partial charge in [0, 0.05) is 6.54 Å². The molecule has 0 radical (unpaired) electrons. The van der Waals surface area contributed by atoms with Crippen LogP contribution in [0.4, 0.5) is 0 Å². The second kappa shape index (κ2) is 9.15. The Morgan fingerprint density at radius 1 is 1.48 bits per heavy atom. The lowest BCUT2D eigenvalue weighted by Crippen LogP contribution is -2.30. The fourth-order valence-corrected chi connectivity index (χ4v) is 2.94. The first kappa shape index (κ1) is 17.2.